The molecule has 1 atom stereocenters. The van der Waals surface area contributed by atoms with Crippen molar-refractivity contribution in [3.63, 3.8) is 0 Å². The van der Waals surface area contributed by atoms with Gasteiger partial charge in [0.25, 0.3) is 0 Å². The predicted octanol–water partition coefficient (Wildman–Crippen LogP) is 3.62. The number of hydrogen-bond acceptors (Lipinski definition) is 3. The van der Waals surface area contributed by atoms with Gasteiger partial charge in [-0.25, -0.2) is 0 Å². The summed E-state index contributed by atoms with van der Waals surface area (Å²) >= 11 is 0. The number of nitrogens with zero attached hydrogens (tertiary/aromatic N) is 1. The van der Waals surface area contributed by atoms with Gasteiger partial charge < -0.3 is 14.7 Å². The van der Waals surface area contributed by atoms with E-state index in [1.54, 1.807) is 4.90 Å². The van der Waals surface area contributed by atoms with Crippen molar-refractivity contribution in [2.75, 3.05) is 13.2 Å². The highest BCUT2D eigenvalue weighted by molar-refractivity contribution is 5.81. The van der Waals surface area contributed by atoms with Crippen LogP contribution in [-0.4, -0.2) is 35.0 Å². The number of benzene rings is 2. The minimum Gasteiger partial charge on any atom is -0.494 e. The van der Waals surface area contributed by atoms with Crippen LogP contribution in [0.5, 0.6) is 5.75 Å². The fourth-order valence-electron chi connectivity index (χ4n) is 3.39. The Labute approximate surface area is 159 Å². The van der Waals surface area contributed by atoms with Crippen LogP contribution in [-0.2, 0) is 22.6 Å². The number of carbonyl (C=O) groups is 2. The van der Waals surface area contributed by atoms with Gasteiger partial charge in [-0.05, 0) is 41.7 Å². The van der Waals surface area contributed by atoms with Gasteiger partial charge in [-0.15, -0.1) is 0 Å². The number of aliphatic carboxylic acids is 1. The molecule has 0 aromatic heterocycles. The van der Waals surface area contributed by atoms with Crippen LogP contribution in [0.2, 0.25) is 0 Å². The van der Waals surface area contributed by atoms with Crippen molar-refractivity contribution in [1.29, 1.82) is 0 Å². The maximum Gasteiger partial charge on any atom is 0.312 e. The van der Waals surface area contributed by atoms with E-state index in [0.717, 1.165) is 28.9 Å². The van der Waals surface area contributed by atoms with E-state index in [2.05, 4.69) is 6.92 Å². The fraction of sp³-hybridized carbons (Fsp3) is 0.364. The summed E-state index contributed by atoms with van der Waals surface area (Å²) in [5.74, 6) is -0.720. The molecule has 3 rings (SSSR count). The van der Waals surface area contributed by atoms with E-state index in [-0.39, 0.29) is 12.5 Å². The first-order valence-electron chi connectivity index (χ1n) is 9.38. The Bertz CT molecular complexity index is 800. The number of carbonyl (C=O) groups excluding carboxylic acids is 1. The third-order valence-corrected chi connectivity index (χ3v) is 4.87. The lowest BCUT2D eigenvalue weighted by atomic mass is 9.89. The van der Waals surface area contributed by atoms with Crippen molar-refractivity contribution in [2.24, 2.45) is 0 Å². The second-order valence-corrected chi connectivity index (χ2v) is 6.86. The third kappa shape index (κ3) is 4.67. The zero-order valence-electron chi connectivity index (χ0n) is 15.6. The molecule has 1 unspecified atom stereocenters. The molecule has 0 spiro atoms. The number of carboxylic acids is 1. The summed E-state index contributed by atoms with van der Waals surface area (Å²) in [6.45, 7) is 3.46. The lowest BCUT2D eigenvalue weighted by Gasteiger charge is -2.33. The Kier molecular flexibility index (Phi) is 6.12. The minimum absolute atomic E-state index is 0.0120. The Balaban J connectivity index is 1.60. The van der Waals surface area contributed by atoms with Crippen molar-refractivity contribution in [3.8, 4) is 5.75 Å². The summed E-state index contributed by atoms with van der Waals surface area (Å²) in [4.78, 5) is 26.0. The van der Waals surface area contributed by atoms with Crippen LogP contribution in [0, 0.1) is 0 Å². The molecule has 142 valence electrons. The molecule has 0 radical (unpaired) electrons. The summed E-state index contributed by atoms with van der Waals surface area (Å²) in [5.41, 5.74) is 2.80. The minimum atomic E-state index is -0.886. The van der Waals surface area contributed by atoms with E-state index >= 15 is 0 Å². The monoisotopic (exact) mass is 367 g/mol. The molecule has 27 heavy (non-hydrogen) atoms. The first-order valence-corrected chi connectivity index (χ1v) is 9.38. The zero-order chi connectivity index (χ0) is 19.2. The maximum atomic E-state index is 12.7. The topological polar surface area (TPSA) is 66.8 Å². The molecular formula is C22H25NO4. The number of aryl methyl sites for hydroxylation is 1. The number of carboxylic acid groups (broad SMARTS) is 1. The third-order valence-electron chi connectivity index (χ3n) is 4.87. The summed E-state index contributed by atoms with van der Waals surface area (Å²) in [5, 5.41) is 9.53. The molecule has 2 aromatic rings. The molecule has 2 aromatic carbocycles. The zero-order valence-corrected chi connectivity index (χ0v) is 15.6. The quantitative estimate of drug-likeness (QED) is 0.812. The molecular weight excluding hydrogens is 342 g/mol. The van der Waals surface area contributed by atoms with Gasteiger partial charge in [0.15, 0.2) is 0 Å². The normalized spacial score (nSPS) is 15.9. The van der Waals surface area contributed by atoms with Crippen molar-refractivity contribution < 1.29 is 19.4 Å². The maximum absolute atomic E-state index is 12.7. The largest absolute Gasteiger partial charge is 0.494 e. The highest BCUT2D eigenvalue weighted by atomic mass is 16.5. The van der Waals surface area contributed by atoms with Gasteiger partial charge in [-0.2, -0.15) is 0 Å². The summed E-state index contributed by atoms with van der Waals surface area (Å²) in [6, 6.07) is 15.3. The molecule has 5 nitrogen and oxygen atoms in total. The Morgan fingerprint density at radius 3 is 2.59 bits per heavy atom. The van der Waals surface area contributed by atoms with Gasteiger partial charge in [-0.3, -0.25) is 9.59 Å². The SMILES string of the molecule is CCCOc1ccc(CCC(=O)N2Cc3ccccc3C(C(=O)O)C2)cc1. The molecule has 1 heterocycles. The second-order valence-electron chi connectivity index (χ2n) is 6.86. The molecule has 5 heteroatoms. The number of fused-ring (bicyclic) bond motifs is 1. The molecule has 0 saturated heterocycles. The van der Waals surface area contributed by atoms with Gasteiger partial charge >= 0.3 is 5.97 Å². The molecule has 1 amide bonds. The van der Waals surface area contributed by atoms with E-state index in [1.807, 2.05) is 48.5 Å². The standard InChI is InChI=1S/C22H25NO4/c1-2-13-27-18-10-7-16(8-11-18)9-12-21(24)23-14-17-5-3-4-6-19(17)20(15-23)22(25)26/h3-8,10-11,20H,2,9,12-15H2,1H3,(H,25,26). The number of ether oxygens (including phenoxy) is 1. The van der Waals surface area contributed by atoms with Crippen LogP contribution in [0.15, 0.2) is 48.5 Å². The molecule has 0 aliphatic carbocycles. The van der Waals surface area contributed by atoms with Crippen LogP contribution in [0.1, 0.15) is 42.4 Å². The molecule has 0 bridgehead atoms. The van der Waals surface area contributed by atoms with Gasteiger partial charge in [0.2, 0.25) is 5.91 Å². The van der Waals surface area contributed by atoms with Crippen molar-refractivity contribution in [3.05, 3.63) is 65.2 Å². The van der Waals surface area contributed by atoms with Gasteiger partial charge in [0.1, 0.15) is 5.75 Å². The number of amides is 1. The lowest BCUT2D eigenvalue weighted by Crippen LogP contribution is -2.40. The first-order chi connectivity index (χ1) is 13.1. The summed E-state index contributed by atoms with van der Waals surface area (Å²) < 4.78 is 5.57. The first kappa shape index (κ1) is 19.0. The Morgan fingerprint density at radius 1 is 1.15 bits per heavy atom. The molecule has 1 aliphatic rings. The summed E-state index contributed by atoms with van der Waals surface area (Å²) in [6.07, 6.45) is 1.96. The van der Waals surface area contributed by atoms with Crippen LogP contribution >= 0.6 is 0 Å². The van der Waals surface area contributed by atoms with Crippen LogP contribution < -0.4 is 4.74 Å². The molecule has 1 N–H and O–H groups in total. The highest BCUT2D eigenvalue weighted by Crippen LogP contribution is 2.29. The lowest BCUT2D eigenvalue weighted by molar-refractivity contribution is -0.141. The van der Waals surface area contributed by atoms with Gasteiger partial charge in [0.05, 0.1) is 12.5 Å². The van der Waals surface area contributed by atoms with E-state index in [1.165, 1.54) is 0 Å². The summed E-state index contributed by atoms with van der Waals surface area (Å²) in [7, 11) is 0. The Hall–Kier alpha value is -2.82. The van der Waals surface area contributed by atoms with Crippen molar-refractivity contribution in [2.45, 2.75) is 38.6 Å². The average molecular weight is 367 g/mol. The highest BCUT2D eigenvalue weighted by Gasteiger charge is 2.32. The predicted molar refractivity (Wildman–Crippen MR) is 103 cm³/mol. The van der Waals surface area contributed by atoms with Crippen LogP contribution in [0.4, 0.5) is 0 Å². The smallest absolute Gasteiger partial charge is 0.312 e. The van der Waals surface area contributed by atoms with E-state index in [9.17, 15) is 14.7 Å². The second kappa shape index (κ2) is 8.71. The van der Waals surface area contributed by atoms with E-state index < -0.39 is 11.9 Å². The fourth-order valence-corrected chi connectivity index (χ4v) is 3.39. The van der Waals surface area contributed by atoms with Gasteiger partial charge in [-0.1, -0.05) is 43.3 Å². The number of hydrogen-bond donors (Lipinski definition) is 1. The molecule has 1 aliphatic heterocycles. The average Bonchev–Trinajstić information content (AvgIpc) is 2.70. The van der Waals surface area contributed by atoms with Crippen molar-refractivity contribution in [1.82, 2.24) is 4.90 Å². The number of rotatable bonds is 7. The molecule has 0 fully saturated rings. The van der Waals surface area contributed by atoms with Crippen LogP contribution in [0.25, 0.3) is 0 Å². The Morgan fingerprint density at radius 2 is 1.89 bits per heavy atom. The van der Waals surface area contributed by atoms with Crippen LogP contribution in [0.3, 0.4) is 0 Å². The molecule has 0 saturated carbocycles. The van der Waals surface area contributed by atoms with E-state index in [0.29, 0.717) is 26.0 Å². The van der Waals surface area contributed by atoms with Crippen molar-refractivity contribution >= 4 is 11.9 Å². The van der Waals surface area contributed by atoms with E-state index in [4.69, 9.17) is 4.74 Å². The van der Waals surface area contributed by atoms with Gasteiger partial charge in [0, 0.05) is 19.5 Å².